The topological polar surface area (TPSA) is 0 Å². The molecule has 0 saturated heterocycles. The summed E-state index contributed by atoms with van der Waals surface area (Å²) < 4.78 is 25.6. The SMILES string of the molecule is CC(C)(C)C1=C[C](=[W])[C](=[W])C1.CC(C)(C)[C-]=[W].CC(C)C1=C[C](=[W])[C](=[W])C1.CC(C)C1=C[C](=[W])[C](=[W])C1.CC(C)C1=C[C](=[W])[C](=[W])C1.CC(C)[C-]=[W].CC(C)[C-]=[W].CC(C)[C-]=[W].[W].[W].[W].[W].[W].[W].[W].[W].[W].[W].[W].[W].[W].[W].[W].[W].[W].[W].[W].[W].[W].[W].[W].[W].[W].[W].[W].[W].[W].[W]. The molecule has 0 atom stereocenters. The minimum absolute atomic E-state index is 0. The maximum Gasteiger partial charge on any atom is 0 e. The molecule has 0 nitrogen and oxygen atoms in total. The Kier molecular flexibility index (Phi) is 363. The van der Waals surface area contributed by atoms with Crippen LogP contribution in [-0.4, -0.2) is 48.8 Å². The van der Waals surface area contributed by atoms with Gasteiger partial charge in [-0.1, -0.05) is 0 Å². The molecule has 4 aliphatic carbocycles. The van der Waals surface area contributed by atoms with E-state index in [2.05, 4.69) is 167 Å². The van der Waals surface area contributed by atoms with Crippen LogP contribution in [-0.2, 0) is 864 Å². The molecule has 0 radical (unpaired) electrons. The maximum atomic E-state index is 3.19. The van der Waals surface area contributed by atoms with Crippen LogP contribution in [0.3, 0.4) is 0 Å². The summed E-state index contributed by atoms with van der Waals surface area (Å²) in [6.07, 6.45) is 14.6. The number of allylic oxidation sites excluding steroid dienone is 8. The first-order valence-electron chi connectivity index (χ1n) is 20.7. The molecule has 4 aliphatic rings. The second-order valence-corrected chi connectivity index (χ2v) is 35.2. The number of hydrogen-bond donors (Lipinski definition) is 0. The zero-order chi connectivity index (χ0) is 49.9. The molecule has 528 valence electrons. The normalized spacial score (nSPS) is 10.4. The van der Waals surface area contributed by atoms with Crippen LogP contribution in [0.2, 0.25) is 0 Å². The van der Waals surface area contributed by atoms with Crippen LogP contribution in [0.1, 0.15) is 150 Å². The van der Waals surface area contributed by atoms with E-state index in [0.29, 0.717) is 28.6 Å². The van der Waals surface area contributed by atoms with E-state index in [9.17, 15) is 0 Å². The summed E-state index contributed by atoms with van der Waals surface area (Å²) in [5.41, 5.74) is 7.24. The predicted octanol–water partition coefficient (Wildman–Crippen LogP) is 9.82. The summed E-state index contributed by atoms with van der Waals surface area (Å²) in [7, 11) is 0. The Morgan fingerprint density at radius 1 is 0.272 bits per heavy atom. The quantitative estimate of drug-likeness (QED) is 0.233. The number of rotatable bonds is 6. The first kappa shape index (κ1) is 229. The van der Waals surface area contributed by atoms with Gasteiger partial charge in [0.15, 0.2) is 0 Å². The van der Waals surface area contributed by atoms with Crippen molar-refractivity contribution in [1.29, 1.82) is 0 Å². The van der Waals surface area contributed by atoms with Crippen LogP contribution in [0.4, 0.5) is 0 Å². The van der Waals surface area contributed by atoms with Gasteiger partial charge < -0.3 is 0 Å². The van der Waals surface area contributed by atoms with Crippen molar-refractivity contribution in [2.75, 3.05) is 0 Å². The fourth-order valence-electron chi connectivity index (χ4n) is 3.86. The van der Waals surface area contributed by atoms with Crippen molar-refractivity contribution in [2.24, 2.45) is 46.3 Å². The molecule has 0 aromatic rings. The molecule has 0 fully saturated rings. The zero-order valence-electron chi connectivity index (χ0n) is 52.7. The summed E-state index contributed by atoms with van der Waals surface area (Å²) in [6.45, 7) is 39.8. The third-order valence-corrected chi connectivity index (χ3v) is 33.8. The van der Waals surface area contributed by atoms with Gasteiger partial charge in [0, 0.05) is 632 Å². The molecule has 0 aliphatic heterocycles. The van der Waals surface area contributed by atoms with Gasteiger partial charge in [0.05, 0.1) is 0 Å². The zero-order valence-corrected chi connectivity index (χ0v) is 176. The Hall–Kier alpha value is 26.3. The minimum atomic E-state index is 0. The largest absolute Gasteiger partial charge is 0 e. The standard InChI is InChI=1S/C9H12.3C8H10.C5H9.3C4H7.42W/c1-9(2,3)8-6-4-5-7-8;3*1-7(2)8-5-3-4-6-8;1-5(2,3)4;3*1-4(2)3;;;;;;;;;;;;;;;;;;;;;;;;;;;;;;;;;;;;;;;;;;/h6H,7H2,1-3H3;3*5,7H,6H2,1-2H3;1-3H3;3*4H,1-2H3;;;;;;;;;;;;;;;;;;;;;;;;;;;;;;;;;;;;;;;;;;/q;;;;4*-1;;;;;;;;;;;;;;;;;;;;;;;;;;;;;;;;;;;;;;;;;;. The second kappa shape index (κ2) is 146. The summed E-state index contributed by atoms with van der Waals surface area (Å²) in [5.74, 6) is 4.28. The van der Waals surface area contributed by atoms with Crippen molar-refractivity contribution < 1.29 is 864 Å². The van der Waals surface area contributed by atoms with Crippen molar-refractivity contribution in [3.05, 3.63) is 46.6 Å². The van der Waals surface area contributed by atoms with E-state index in [1.54, 1.807) is 208 Å². The molecule has 0 heterocycles. The van der Waals surface area contributed by atoms with Gasteiger partial charge in [0.25, 0.3) is 0 Å². The Morgan fingerprint density at radius 3 is 0.446 bits per heavy atom. The Labute approximate surface area is 1130 Å². The van der Waals surface area contributed by atoms with E-state index in [4.69, 9.17) is 0 Å². The minimum Gasteiger partial charge on any atom is 0 e. The Bertz CT molecular complexity index is 1610. The second-order valence-electron chi connectivity index (χ2n) is 18.6. The van der Waals surface area contributed by atoms with Crippen LogP contribution in [0, 0.1) is 46.3 Å². The molecular formula is C50H72W42-4. The molecule has 0 amide bonds. The van der Waals surface area contributed by atoms with E-state index in [-0.39, 0.29) is 632 Å². The van der Waals surface area contributed by atoms with Gasteiger partial charge in [-0.05, 0) is 0 Å². The molecule has 4 rings (SSSR count). The third-order valence-electron chi connectivity index (χ3n) is 8.00. The predicted molar refractivity (Wildman–Crippen MR) is 239 cm³/mol. The average Bonchev–Trinajstić information content (AvgIpc) is 3.91. The van der Waals surface area contributed by atoms with Gasteiger partial charge in [0.1, 0.15) is 0 Å². The van der Waals surface area contributed by atoms with E-state index in [1.807, 2.05) is 0 Å². The van der Waals surface area contributed by atoms with Gasteiger partial charge in [-0.2, -0.15) is 0 Å². The van der Waals surface area contributed by atoms with E-state index < -0.39 is 0 Å². The van der Waals surface area contributed by atoms with Crippen molar-refractivity contribution in [2.45, 2.75) is 150 Å². The Morgan fingerprint density at radius 2 is 0.402 bits per heavy atom. The van der Waals surface area contributed by atoms with Gasteiger partial charge in [0.2, 0.25) is 0 Å². The van der Waals surface area contributed by atoms with Crippen LogP contribution in [0.25, 0.3) is 0 Å². The molecule has 42 heteroatoms. The van der Waals surface area contributed by atoms with Crippen LogP contribution in [0.15, 0.2) is 46.6 Å². The molecule has 0 bridgehead atoms. The fraction of sp³-hybridized carbons (Fsp3) is 0.600. The molecule has 92 heavy (non-hydrogen) atoms. The van der Waals surface area contributed by atoms with E-state index in [1.165, 1.54) is 103 Å². The summed E-state index contributed by atoms with van der Waals surface area (Å²) in [5, 5.41) is 0. The van der Waals surface area contributed by atoms with Crippen molar-refractivity contribution in [1.82, 2.24) is 0 Å². The molecule has 0 saturated carbocycles. The van der Waals surface area contributed by atoms with Gasteiger partial charge >= 0.3 is 524 Å². The van der Waals surface area contributed by atoms with Crippen LogP contribution < -0.4 is 0 Å². The maximum absolute atomic E-state index is 3.19. The van der Waals surface area contributed by atoms with Gasteiger partial charge in [-0.15, -0.1) is 0 Å². The van der Waals surface area contributed by atoms with Crippen molar-refractivity contribution in [3.63, 3.8) is 0 Å². The Balaban J connectivity index is -0.0000000126. The molecule has 0 aromatic carbocycles. The van der Waals surface area contributed by atoms with E-state index in [0.717, 1.165) is 17.8 Å². The molecule has 0 N–H and O–H groups in total. The monoisotopic (exact) mass is 8400 g/mol. The van der Waals surface area contributed by atoms with Gasteiger partial charge in [-0.3, -0.25) is 0 Å². The van der Waals surface area contributed by atoms with Gasteiger partial charge in [-0.25, -0.2) is 0 Å². The molecule has 0 spiro atoms. The summed E-state index contributed by atoms with van der Waals surface area (Å²) in [4.78, 5) is 0. The average molecular weight is 8390 g/mol. The summed E-state index contributed by atoms with van der Waals surface area (Å²) >= 11 is 19.0. The van der Waals surface area contributed by atoms with Crippen LogP contribution in [0.5, 0.6) is 0 Å². The van der Waals surface area contributed by atoms with E-state index >= 15 is 0 Å². The molecule has 0 aromatic heterocycles. The molecule has 0 unspecified atom stereocenters. The number of hydrogen-bond acceptors (Lipinski definition) is 0. The molecular weight excluding hydrogens is 8320 g/mol. The fourth-order valence-corrected chi connectivity index (χ4v) is 10.2. The first-order valence-corrected chi connectivity index (χ1v) is 38.3. The van der Waals surface area contributed by atoms with Crippen LogP contribution >= 0.6 is 0 Å². The third kappa shape index (κ3) is 151. The van der Waals surface area contributed by atoms with Crippen molar-refractivity contribution >= 4 is 48.8 Å². The first-order chi connectivity index (χ1) is 28.1. The smallest absolute Gasteiger partial charge is 0 e. The summed E-state index contributed by atoms with van der Waals surface area (Å²) in [6, 6.07) is 0. The van der Waals surface area contributed by atoms with Crippen molar-refractivity contribution in [3.8, 4) is 0 Å².